The van der Waals surface area contributed by atoms with Gasteiger partial charge in [0.2, 0.25) is 5.91 Å². The van der Waals surface area contributed by atoms with Gasteiger partial charge in [-0.2, -0.15) is 0 Å². The van der Waals surface area contributed by atoms with Crippen molar-refractivity contribution in [3.63, 3.8) is 0 Å². The maximum absolute atomic E-state index is 11.7. The molecular formula is C10H18N2O3. The molecular weight excluding hydrogens is 196 g/mol. The number of piperidine rings is 1. The normalized spacial score (nSPS) is 23.6. The predicted molar refractivity (Wildman–Crippen MR) is 55.2 cm³/mol. The molecule has 1 rings (SSSR count). The third-order valence-corrected chi connectivity index (χ3v) is 2.84. The zero-order valence-corrected chi connectivity index (χ0v) is 8.98. The third-order valence-electron chi connectivity index (χ3n) is 2.84. The largest absolute Gasteiger partial charge is 0.481 e. The summed E-state index contributed by atoms with van der Waals surface area (Å²) >= 11 is 0. The highest BCUT2D eigenvalue weighted by atomic mass is 16.4. The van der Waals surface area contributed by atoms with Crippen LogP contribution in [-0.4, -0.2) is 41.0 Å². The molecule has 0 radical (unpaired) electrons. The Hall–Kier alpha value is -1.10. The molecule has 5 heteroatoms. The number of carboxylic acid groups (broad SMARTS) is 1. The molecule has 0 aromatic heterocycles. The monoisotopic (exact) mass is 214 g/mol. The average molecular weight is 214 g/mol. The number of hydrogen-bond donors (Lipinski definition) is 2. The molecule has 0 bridgehead atoms. The highest BCUT2D eigenvalue weighted by Gasteiger charge is 2.29. The van der Waals surface area contributed by atoms with E-state index in [0.717, 1.165) is 6.42 Å². The van der Waals surface area contributed by atoms with Crippen molar-refractivity contribution in [3.05, 3.63) is 0 Å². The second kappa shape index (κ2) is 5.11. The Morgan fingerprint density at radius 3 is 2.80 bits per heavy atom. The van der Waals surface area contributed by atoms with Crippen LogP contribution in [0.2, 0.25) is 0 Å². The summed E-state index contributed by atoms with van der Waals surface area (Å²) in [7, 11) is 0. The van der Waals surface area contributed by atoms with Crippen molar-refractivity contribution >= 4 is 11.9 Å². The van der Waals surface area contributed by atoms with Gasteiger partial charge < -0.3 is 15.7 Å². The van der Waals surface area contributed by atoms with Crippen LogP contribution in [0.5, 0.6) is 0 Å². The van der Waals surface area contributed by atoms with E-state index in [1.807, 2.05) is 6.92 Å². The minimum absolute atomic E-state index is 0.122. The Bertz CT molecular complexity index is 255. The summed E-state index contributed by atoms with van der Waals surface area (Å²) in [5.41, 5.74) is 5.63. The highest BCUT2D eigenvalue weighted by molar-refractivity contribution is 5.82. The van der Waals surface area contributed by atoms with Crippen LogP contribution in [-0.2, 0) is 9.59 Å². The molecule has 2 atom stereocenters. The van der Waals surface area contributed by atoms with Crippen molar-refractivity contribution in [1.29, 1.82) is 0 Å². The smallest absolute Gasteiger partial charge is 0.308 e. The molecule has 1 amide bonds. The Kier molecular flexibility index (Phi) is 4.08. The van der Waals surface area contributed by atoms with Crippen LogP contribution in [0.4, 0.5) is 0 Å². The zero-order chi connectivity index (χ0) is 11.4. The van der Waals surface area contributed by atoms with Gasteiger partial charge in [0, 0.05) is 13.1 Å². The molecule has 1 aliphatic rings. The van der Waals surface area contributed by atoms with Crippen molar-refractivity contribution in [2.24, 2.45) is 11.7 Å². The third kappa shape index (κ3) is 2.92. The summed E-state index contributed by atoms with van der Waals surface area (Å²) < 4.78 is 0. The summed E-state index contributed by atoms with van der Waals surface area (Å²) in [5.74, 6) is -1.37. The van der Waals surface area contributed by atoms with Gasteiger partial charge >= 0.3 is 5.97 Å². The number of carbonyl (C=O) groups excluding carboxylic acids is 1. The maximum Gasteiger partial charge on any atom is 0.308 e. The van der Waals surface area contributed by atoms with E-state index in [2.05, 4.69) is 0 Å². The quantitative estimate of drug-likeness (QED) is 0.695. The Labute approximate surface area is 89.2 Å². The van der Waals surface area contributed by atoms with Gasteiger partial charge in [0.15, 0.2) is 0 Å². The first kappa shape index (κ1) is 12.0. The van der Waals surface area contributed by atoms with E-state index in [4.69, 9.17) is 10.8 Å². The fraction of sp³-hybridized carbons (Fsp3) is 0.800. The van der Waals surface area contributed by atoms with Crippen LogP contribution in [0.1, 0.15) is 26.2 Å². The van der Waals surface area contributed by atoms with Gasteiger partial charge in [-0.3, -0.25) is 9.59 Å². The van der Waals surface area contributed by atoms with E-state index < -0.39 is 17.9 Å². The zero-order valence-electron chi connectivity index (χ0n) is 8.98. The standard InChI is InChI=1S/C10H18N2O3/c1-2-8(11)9(13)12-5-3-4-7(6-12)10(14)15/h7-8H,2-6,11H2,1H3,(H,14,15)/t7-,8-/m1/s1. The van der Waals surface area contributed by atoms with Crippen molar-refractivity contribution < 1.29 is 14.7 Å². The second-order valence-electron chi connectivity index (χ2n) is 3.98. The molecule has 0 aromatic rings. The molecule has 0 aliphatic carbocycles. The molecule has 5 nitrogen and oxygen atoms in total. The average Bonchev–Trinajstić information content (AvgIpc) is 2.27. The summed E-state index contributed by atoms with van der Waals surface area (Å²) in [6, 6.07) is -0.488. The van der Waals surface area contributed by atoms with E-state index in [-0.39, 0.29) is 5.91 Å². The Morgan fingerprint density at radius 1 is 1.60 bits per heavy atom. The van der Waals surface area contributed by atoms with E-state index in [9.17, 15) is 9.59 Å². The van der Waals surface area contributed by atoms with Gasteiger partial charge in [-0.05, 0) is 19.3 Å². The van der Waals surface area contributed by atoms with Crippen LogP contribution in [0.15, 0.2) is 0 Å². The molecule has 1 fully saturated rings. The minimum atomic E-state index is -0.822. The first-order chi connectivity index (χ1) is 7.06. The van der Waals surface area contributed by atoms with Crippen LogP contribution in [0.3, 0.4) is 0 Å². The Balaban J connectivity index is 2.56. The maximum atomic E-state index is 11.7. The number of nitrogens with two attached hydrogens (primary N) is 1. The van der Waals surface area contributed by atoms with Gasteiger partial charge in [0.25, 0.3) is 0 Å². The number of rotatable bonds is 3. The molecule has 1 aliphatic heterocycles. The van der Waals surface area contributed by atoms with Crippen LogP contribution in [0.25, 0.3) is 0 Å². The van der Waals surface area contributed by atoms with Gasteiger partial charge in [-0.25, -0.2) is 0 Å². The number of hydrogen-bond acceptors (Lipinski definition) is 3. The molecule has 3 N–H and O–H groups in total. The molecule has 0 unspecified atom stereocenters. The summed E-state index contributed by atoms with van der Waals surface area (Å²) in [6.07, 6.45) is 1.99. The number of carbonyl (C=O) groups is 2. The summed E-state index contributed by atoms with van der Waals surface area (Å²) in [4.78, 5) is 24.1. The fourth-order valence-electron chi connectivity index (χ4n) is 1.79. The lowest BCUT2D eigenvalue weighted by atomic mass is 9.97. The molecule has 0 saturated carbocycles. The number of likely N-dealkylation sites (tertiary alicyclic amines) is 1. The highest BCUT2D eigenvalue weighted by Crippen LogP contribution is 2.17. The van der Waals surface area contributed by atoms with Gasteiger partial charge in [0.1, 0.15) is 0 Å². The second-order valence-corrected chi connectivity index (χ2v) is 3.98. The number of carboxylic acids is 1. The molecule has 0 spiro atoms. The molecule has 15 heavy (non-hydrogen) atoms. The van der Waals surface area contributed by atoms with Gasteiger partial charge in [-0.15, -0.1) is 0 Å². The fourth-order valence-corrected chi connectivity index (χ4v) is 1.79. The molecule has 1 saturated heterocycles. The van der Waals surface area contributed by atoms with Crippen molar-refractivity contribution in [2.75, 3.05) is 13.1 Å². The number of nitrogens with zero attached hydrogens (tertiary/aromatic N) is 1. The minimum Gasteiger partial charge on any atom is -0.481 e. The predicted octanol–water partition coefficient (Wildman–Crippen LogP) is 0.0469. The summed E-state index contributed by atoms with van der Waals surface area (Å²) in [6.45, 7) is 2.79. The lowest BCUT2D eigenvalue weighted by Gasteiger charge is -2.32. The van der Waals surface area contributed by atoms with Crippen molar-refractivity contribution in [2.45, 2.75) is 32.2 Å². The first-order valence-corrected chi connectivity index (χ1v) is 5.33. The topological polar surface area (TPSA) is 83.6 Å². The van der Waals surface area contributed by atoms with Crippen LogP contribution in [0, 0.1) is 5.92 Å². The first-order valence-electron chi connectivity index (χ1n) is 5.33. The SMILES string of the molecule is CC[C@@H](N)C(=O)N1CCC[C@@H](C(=O)O)C1. The molecule has 0 aromatic carbocycles. The number of amides is 1. The van der Waals surface area contributed by atoms with Crippen molar-refractivity contribution in [1.82, 2.24) is 4.90 Å². The lowest BCUT2D eigenvalue weighted by Crippen LogP contribution is -2.49. The Morgan fingerprint density at radius 2 is 2.27 bits per heavy atom. The molecule has 1 heterocycles. The van der Waals surface area contributed by atoms with Gasteiger partial charge in [0.05, 0.1) is 12.0 Å². The molecule has 86 valence electrons. The van der Waals surface area contributed by atoms with E-state index in [1.165, 1.54) is 0 Å². The van der Waals surface area contributed by atoms with E-state index in [1.54, 1.807) is 4.90 Å². The van der Waals surface area contributed by atoms with Crippen LogP contribution < -0.4 is 5.73 Å². The van der Waals surface area contributed by atoms with E-state index in [0.29, 0.717) is 25.9 Å². The van der Waals surface area contributed by atoms with Crippen LogP contribution >= 0.6 is 0 Å². The van der Waals surface area contributed by atoms with Gasteiger partial charge in [-0.1, -0.05) is 6.92 Å². The lowest BCUT2D eigenvalue weighted by molar-refractivity contribution is -0.146. The summed E-state index contributed by atoms with van der Waals surface area (Å²) in [5, 5.41) is 8.86. The van der Waals surface area contributed by atoms with Crippen molar-refractivity contribution in [3.8, 4) is 0 Å². The van der Waals surface area contributed by atoms with E-state index >= 15 is 0 Å². The number of aliphatic carboxylic acids is 1.